The average Bonchev–Trinajstić information content (AvgIpc) is 3.29. The zero-order valence-corrected chi connectivity index (χ0v) is 21.6. The van der Waals surface area contributed by atoms with Gasteiger partial charge in [0.25, 0.3) is 5.91 Å². The van der Waals surface area contributed by atoms with Crippen LogP contribution in [0.1, 0.15) is 16.2 Å². The van der Waals surface area contributed by atoms with E-state index in [1.54, 1.807) is 37.4 Å². The van der Waals surface area contributed by atoms with E-state index in [1.165, 1.54) is 0 Å². The number of amides is 3. The summed E-state index contributed by atoms with van der Waals surface area (Å²) in [5, 5.41) is 17.8. The lowest BCUT2D eigenvalue weighted by Gasteiger charge is -2.38. The molecule has 0 spiro atoms. The summed E-state index contributed by atoms with van der Waals surface area (Å²) >= 11 is 5.95. The van der Waals surface area contributed by atoms with Gasteiger partial charge in [0.2, 0.25) is 0 Å². The Hall–Kier alpha value is -3.47. The third-order valence-corrected chi connectivity index (χ3v) is 7.24. The number of halogens is 1. The highest BCUT2D eigenvalue weighted by atomic mass is 35.5. The molecule has 3 heterocycles. The lowest BCUT2D eigenvalue weighted by molar-refractivity contribution is 0.0376. The van der Waals surface area contributed by atoms with Gasteiger partial charge in [0.1, 0.15) is 11.6 Å². The van der Waals surface area contributed by atoms with E-state index in [9.17, 15) is 14.7 Å². The number of nitrogens with zero attached hydrogens (tertiary/aromatic N) is 5. The molecule has 2 aliphatic rings. The van der Waals surface area contributed by atoms with Crippen LogP contribution in [0, 0.1) is 6.92 Å². The summed E-state index contributed by atoms with van der Waals surface area (Å²) in [5.74, 6) is 1.37. The molecule has 0 saturated carbocycles. The maximum absolute atomic E-state index is 12.9. The number of aromatic nitrogens is 2. The summed E-state index contributed by atoms with van der Waals surface area (Å²) in [5.41, 5.74) is 2.04. The van der Waals surface area contributed by atoms with E-state index in [4.69, 9.17) is 16.6 Å². The molecule has 10 nitrogen and oxygen atoms in total. The zero-order chi connectivity index (χ0) is 26.1. The van der Waals surface area contributed by atoms with Crippen molar-refractivity contribution < 1.29 is 14.7 Å². The highest BCUT2D eigenvalue weighted by Gasteiger charge is 2.38. The van der Waals surface area contributed by atoms with Gasteiger partial charge in [-0.15, -0.1) is 0 Å². The Morgan fingerprint density at radius 2 is 1.76 bits per heavy atom. The van der Waals surface area contributed by atoms with E-state index >= 15 is 0 Å². The Kier molecular flexibility index (Phi) is 7.14. The molecule has 0 radical (unpaired) electrons. The number of aliphatic hydroxyl groups is 1. The van der Waals surface area contributed by atoms with E-state index in [2.05, 4.69) is 25.4 Å². The van der Waals surface area contributed by atoms with Crippen molar-refractivity contribution in [2.75, 3.05) is 56.5 Å². The van der Waals surface area contributed by atoms with Crippen LogP contribution in [0.25, 0.3) is 10.9 Å². The predicted molar refractivity (Wildman–Crippen MR) is 143 cm³/mol. The Labute approximate surface area is 220 Å². The summed E-state index contributed by atoms with van der Waals surface area (Å²) in [6.07, 6.45) is -0.559. The van der Waals surface area contributed by atoms with Gasteiger partial charge in [0, 0.05) is 68.0 Å². The Balaban J connectivity index is 1.29. The van der Waals surface area contributed by atoms with Crippen LogP contribution >= 0.6 is 11.6 Å². The van der Waals surface area contributed by atoms with Gasteiger partial charge in [0.15, 0.2) is 0 Å². The number of piperazine rings is 1. The zero-order valence-electron chi connectivity index (χ0n) is 20.8. The van der Waals surface area contributed by atoms with E-state index < -0.39 is 6.10 Å². The molecule has 2 atom stereocenters. The average molecular weight is 524 g/mol. The summed E-state index contributed by atoms with van der Waals surface area (Å²) in [4.78, 5) is 40.1. The molecule has 11 heteroatoms. The number of carbonyl (C=O) groups is 2. The SMILES string of the molecule is CNC(=O)Nc1ccc2nc(C)nc(N3C[C@H](O)[C@@H](N4CCN(C(=O)c5ccc(Cl)cc5)CC4)C3)c2c1. The number of benzene rings is 2. The van der Waals surface area contributed by atoms with Crippen molar-refractivity contribution in [2.45, 2.75) is 19.1 Å². The fourth-order valence-corrected chi connectivity index (χ4v) is 5.20. The normalized spacial score (nSPS) is 20.3. The van der Waals surface area contributed by atoms with E-state index in [0.29, 0.717) is 61.4 Å². The maximum atomic E-state index is 12.9. The van der Waals surface area contributed by atoms with E-state index in [0.717, 1.165) is 16.7 Å². The lowest BCUT2D eigenvalue weighted by atomic mass is 10.1. The number of aryl methyl sites for hydroxylation is 1. The minimum atomic E-state index is -0.559. The number of urea groups is 1. The van der Waals surface area contributed by atoms with Gasteiger partial charge in [-0.2, -0.15) is 0 Å². The van der Waals surface area contributed by atoms with Crippen LogP contribution in [0.5, 0.6) is 0 Å². The fraction of sp³-hybridized carbons (Fsp3) is 0.385. The molecule has 0 bridgehead atoms. The van der Waals surface area contributed by atoms with Crippen LogP contribution in [0.4, 0.5) is 16.3 Å². The number of aliphatic hydroxyl groups excluding tert-OH is 1. The Morgan fingerprint density at radius 3 is 2.46 bits per heavy atom. The molecule has 3 N–H and O–H groups in total. The quantitative estimate of drug-likeness (QED) is 0.481. The highest BCUT2D eigenvalue weighted by molar-refractivity contribution is 6.30. The molecule has 0 unspecified atom stereocenters. The lowest BCUT2D eigenvalue weighted by Crippen LogP contribution is -2.54. The standard InChI is InChI=1S/C26H30ClN7O3/c1-16-29-21-8-7-19(31-26(37)28-2)13-20(21)24(30-16)34-14-22(23(35)15-34)32-9-11-33(12-10-32)25(36)17-3-5-18(27)6-4-17/h3-8,13,22-23,35H,9-12,14-15H2,1-2H3,(H2,28,31,37)/t22-,23-/m0/s1. The van der Waals surface area contributed by atoms with Crippen LogP contribution in [0.3, 0.4) is 0 Å². The first-order chi connectivity index (χ1) is 17.8. The molecule has 37 heavy (non-hydrogen) atoms. The maximum Gasteiger partial charge on any atom is 0.318 e. The smallest absolute Gasteiger partial charge is 0.318 e. The minimum absolute atomic E-state index is 0.00554. The fourth-order valence-electron chi connectivity index (χ4n) is 5.07. The molecule has 3 amide bonds. The number of hydrogen-bond acceptors (Lipinski definition) is 7. The van der Waals surface area contributed by atoms with Crippen LogP contribution in [0.15, 0.2) is 42.5 Å². The third-order valence-electron chi connectivity index (χ3n) is 6.99. The first kappa shape index (κ1) is 25.2. The number of carbonyl (C=O) groups excluding carboxylic acids is 2. The largest absolute Gasteiger partial charge is 0.390 e. The number of β-amino-alcohol motifs (C(OH)–C–C–N with tert-alkyl or cyclic N) is 1. The second-order valence-corrected chi connectivity index (χ2v) is 9.84. The van der Waals surface area contributed by atoms with Gasteiger partial charge in [-0.1, -0.05) is 11.6 Å². The van der Waals surface area contributed by atoms with Crippen LogP contribution in [0.2, 0.25) is 5.02 Å². The predicted octanol–water partition coefficient (Wildman–Crippen LogP) is 2.35. The van der Waals surface area contributed by atoms with Crippen molar-refractivity contribution in [3.8, 4) is 0 Å². The van der Waals surface area contributed by atoms with Crippen molar-refractivity contribution in [1.29, 1.82) is 0 Å². The third kappa shape index (κ3) is 5.31. The Morgan fingerprint density at radius 1 is 1.03 bits per heavy atom. The summed E-state index contributed by atoms with van der Waals surface area (Å²) in [7, 11) is 1.56. The summed E-state index contributed by atoms with van der Waals surface area (Å²) < 4.78 is 0. The molecule has 194 valence electrons. The van der Waals surface area contributed by atoms with Crippen molar-refractivity contribution in [2.24, 2.45) is 0 Å². The van der Waals surface area contributed by atoms with Gasteiger partial charge < -0.3 is 25.5 Å². The molecule has 0 aliphatic carbocycles. The number of nitrogens with one attached hydrogen (secondary N) is 2. The van der Waals surface area contributed by atoms with Crippen LogP contribution in [-0.4, -0.2) is 95.3 Å². The number of fused-ring (bicyclic) bond motifs is 1. The monoisotopic (exact) mass is 523 g/mol. The van der Waals surface area contributed by atoms with Crippen molar-refractivity contribution in [1.82, 2.24) is 25.1 Å². The van der Waals surface area contributed by atoms with Crippen LogP contribution < -0.4 is 15.5 Å². The van der Waals surface area contributed by atoms with E-state index in [1.807, 2.05) is 24.0 Å². The second-order valence-electron chi connectivity index (χ2n) is 9.41. The van der Waals surface area contributed by atoms with Crippen LogP contribution in [-0.2, 0) is 0 Å². The number of anilines is 2. The van der Waals surface area contributed by atoms with Crippen molar-refractivity contribution >= 4 is 45.9 Å². The number of rotatable bonds is 4. The second kappa shape index (κ2) is 10.5. The first-order valence-electron chi connectivity index (χ1n) is 12.3. The molecular weight excluding hydrogens is 494 g/mol. The van der Waals surface area contributed by atoms with Crippen molar-refractivity contribution in [3.63, 3.8) is 0 Å². The molecule has 5 rings (SSSR count). The van der Waals surface area contributed by atoms with Crippen molar-refractivity contribution in [3.05, 3.63) is 58.9 Å². The molecule has 3 aromatic rings. The number of hydrogen-bond donors (Lipinski definition) is 3. The van der Waals surface area contributed by atoms with Gasteiger partial charge in [0.05, 0.1) is 17.7 Å². The molecule has 2 aromatic carbocycles. The minimum Gasteiger partial charge on any atom is -0.390 e. The first-order valence-corrected chi connectivity index (χ1v) is 12.7. The van der Waals surface area contributed by atoms with Gasteiger partial charge in [-0.25, -0.2) is 14.8 Å². The molecule has 2 aliphatic heterocycles. The van der Waals surface area contributed by atoms with E-state index in [-0.39, 0.29) is 18.0 Å². The topological polar surface area (TPSA) is 114 Å². The summed E-state index contributed by atoms with van der Waals surface area (Å²) in [6, 6.07) is 12.1. The molecule has 1 aromatic heterocycles. The van der Waals surface area contributed by atoms with Gasteiger partial charge in [-0.05, 0) is 49.4 Å². The Bertz CT molecular complexity index is 1310. The molecule has 2 fully saturated rings. The molecular formula is C26H30ClN7O3. The van der Waals surface area contributed by atoms with Gasteiger partial charge >= 0.3 is 6.03 Å². The summed E-state index contributed by atoms with van der Waals surface area (Å²) in [6.45, 7) is 5.43. The highest BCUT2D eigenvalue weighted by Crippen LogP contribution is 2.31. The molecule has 2 saturated heterocycles. The van der Waals surface area contributed by atoms with Gasteiger partial charge in [-0.3, -0.25) is 9.69 Å².